The first-order valence-corrected chi connectivity index (χ1v) is 7.37. The number of hydrogen-bond acceptors (Lipinski definition) is 4. The molecule has 19 heavy (non-hydrogen) atoms. The van der Waals surface area contributed by atoms with Crippen LogP contribution in [0.1, 0.15) is 31.4 Å². The standard InChI is InChI=1S/C14H20N4S/c1-18(8-11-5-9-2-3-10(11)4-9)13-7-16-12(6-17-13)14(15)19/h6-7,9-11H,2-5,8H2,1H3,(H2,15,19). The van der Waals surface area contributed by atoms with Crippen molar-refractivity contribution in [3.05, 3.63) is 18.1 Å². The van der Waals surface area contributed by atoms with Crippen molar-refractivity contribution in [2.75, 3.05) is 18.5 Å². The van der Waals surface area contributed by atoms with E-state index in [1.54, 1.807) is 12.4 Å². The summed E-state index contributed by atoms with van der Waals surface area (Å²) in [6.07, 6.45) is 9.15. The molecule has 0 spiro atoms. The van der Waals surface area contributed by atoms with E-state index in [4.69, 9.17) is 18.0 Å². The largest absolute Gasteiger partial charge is 0.388 e. The third-order valence-corrected chi connectivity index (χ3v) is 4.88. The van der Waals surface area contributed by atoms with E-state index in [2.05, 4.69) is 21.9 Å². The highest BCUT2D eigenvalue weighted by Gasteiger charge is 2.39. The molecule has 2 bridgehead atoms. The SMILES string of the molecule is CN(CC1CC2CCC1C2)c1cnc(C(N)=S)cn1. The van der Waals surface area contributed by atoms with Gasteiger partial charge in [0.05, 0.1) is 12.4 Å². The molecule has 3 rings (SSSR count). The number of nitrogens with zero attached hydrogens (tertiary/aromatic N) is 3. The molecular weight excluding hydrogens is 256 g/mol. The molecule has 3 unspecified atom stereocenters. The number of aromatic nitrogens is 2. The molecular formula is C14H20N4S. The van der Waals surface area contributed by atoms with Crippen molar-refractivity contribution in [2.24, 2.45) is 23.5 Å². The summed E-state index contributed by atoms with van der Waals surface area (Å²) < 4.78 is 0. The van der Waals surface area contributed by atoms with Crippen molar-refractivity contribution in [3.8, 4) is 0 Å². The monoisotopic (exact) mass is 276 g/mol. The quantitative estimate of drug-likeness (QED) is 0.852. The van der Waals surface area contributed by atoms with Gasteiger partial charge in [0.25, 0.3) is 0 Å². The molecule has 102 valence electrons. The number of fused-ring (bicyclic) bond motifs is 2. The number of rotatable bonds is 4. The lowest BCUT2D eigenvalue weighted by molar-refractivity contribution is 0.337. The van der Waals surface area contributed by atoms with Crippen molar-refractivity contribution < 1.29 is 0 Å². The third kappa shape index (κ3) is 2.56. The molecule has 2 aliphatic carbocycles. The fraction of sp³-hybridized carbons (Fsp3) is 0.643. The second kappa shape index (κ2) is 5.04. The minimum absolute atomic E-state index is 0.301. The van der Waals surface area contributed by atoms with E-state index in [9.17, 15) is 0 Å². The van der Waals surface area contributed by atoms with Crippen molar-refractivity contribution in [2.45, 2.75) is 25.7 Å². The Labute approximate surface area is 119 Å². The lowest BCUT2D eigenvalue weighted by Crippen LogP contribution is -2.29. The average Bonchev–Trinajstić information content (AvgIpc) is 3.01. The van der Waals surface area contributed by atoms with Crippen LogP contribution in [-0.4, -0.2) is 28.5 Å². The highest BCUT2D eigenvalue weighted by atomic mass is 32.1. The second-order valence-electron chi connectivity index (χ2n) is 5.94. The number of nitrogens with two attached hydrogens (primary N) is 1. The van der Waals surface area contributed by atoms with Gasteiger partial charge in [-0.25, -0.2) is 9.97 Å². The highest BCUT2D eigenvalue weighted by molar-refractivity contribution is 7.80. The summed E-state index contributed by atoms with van der Waals surface area (Å²) in [6, 6.07) is 0. The molecule has 0 amide bonds. The van der Waals surface area contributed by atoms with Crippen LogP contribution in [0.2, 0.25) is 0 Å². The molecule has 1 aromatic heterocycles. The van der Waals surface area contributed by atoms with Crippen LogP contribution in [0.5, 0.6) is 0 Å². The molecule has 0 aromatic carbocycles. The zero-order valence-corrected chi connectivity index (χ0v) is 12.1. The Hall–Kier alpha value is -1.23. The zero-order valence-electron chi connectivity index (χ0n) is 11.2. The summed E-state index contributed by atoms with van der Waals surface area (Å²) in [4.78, 5) is 11.2. The molecule has 4 nitrogen and oxygen atoms in total. The van der Waals surface area contributed by atoms with Gasteiger partial charge in [-0.3, -0.25) is 0 Å². The topological polar surface area (TPSA) is 55.0 Å². The Balaban J connectivity index is 1.63. The molecule has 5 heteroatoms. The molecule has 2 N–H and O–H groups in total. The summed E-state index contributed by atoms with van der Waals surface area (Å²) in [6.45, 7) is 1.09. The lowest BCUT2D eigenvalue weighted by Gasteiger charge is -2.27. The fourth-order valence-electron chi connectivity index (χ4n) is 3.69. The molecule has 2 saturated carbocycles. The maximum absolute atomic E-state index is 5.53. The third-order valence-electron chi connectivity index (χ3n) is 4.67. The maximum Gasteiger partial charge on any atom is 0.146 e. The molecule has 1 aromatic rings. The Bertz CT molecular complexity index is 473. The molecule has 2 fully saturated rings. The Morgan fingerprint density at radius 1 is 1.37 bits per heavy atom. The van der Waals surface area contributed by atoms with Crippen molar-refractivity contribution in [3.63, 3.8) is 0 Å². The molecule has 0 saturated heterocycles. The smallest absolute Gasteiger partial charge is 0.146 e. The van der Waals surface area contributed by atoms with Crippen LogP contribution in [0, 0.1) is 17.8 Å². The van der Waals surface area contributed by atoms with Crippen LogP contribution in [0.25, 0.3) is 0 Å². The zero-order chi connectivity index (χ0) is 13.4. The average molecular weight is 276 g/mol. The van der Waals surface area contributed by atoms with Crippen LogP contribution < -0.4 is 10.6 Å². The summed E-state index contributed by atoms with van der Waals surface area (Å²) in [5.41, 5.74) is 6.12. The number of hydrogen-bond donors (Lipinski definition) is 1. The first-order valence-electron chi connectivity index (χ1n) is 6.96. The fourth-order valence-corrected chi connectivity index (χ4v) is 3.80. The highest BCUT2D eigenvalue weighted by Crippen LogP contribution is 2.48. The van der Waals surface area contributed by atoms with Gasteiger partial charge in [-0.15, -0.1) is 0 Å². The second-order valence-corrected chi connectivity index (χ2v) is 6.38. The van der Waals surface area contributed by atoms with Crippen LogP contribution in [-0.2, 0) is 0 Å². The molecule has 1 heterocycles. The summed E-state index contributed by atoms with van der Waals surface area (Å²) in [7, 11) is 2.09. The minimum atomic E-state index is 0.301. The summed E-state index contributed by atoms with van der Waals surface area (Å²) >= 11 is 4.88. The first-order chi connectivity index (χ1) is 9.13. The van der Waals surface area contributed by atoms with E-state index in [-0.39, 0.29) is 0 Å². The van der Waals surface area contributed by atoms with Gasteiger partial charge >= 0.3 is 0 Å². The molecule has 0 aliphatic heterocycles. The molecule has 0 radical (unpaired) electrons. The van der Waals surface area contributed by atoms with E-state index in [0.717, 1.165) is 30.1 Å². The Morgan fingerprint density at radius 3 is 2.74 bits per heavy atom. The lowest BCUT2D eigenvalue weighted by atomic mass is 9.88. The minimum Gasteiger partial charge on any atom is -0.388 e. The van der Waals surface area contributed by atoms with E-state index < -0.39 is 0 Å². The van der Waals surface area contributed by atoms with Crippen molar-refractivity contribution >= 4 is 23.0 Å². The summed E-state index contributed by atoms with van der Waals surface area (Å²) in [5, 5.41) is 0. The predicted octanol–water partition coefficient (Wildman–Crippen LogP) is 1.98. The van der Waals surface area contributed by atoms with Crippen LogP contribution in [0.3, 0.4) is 0 Å². The van der Waals surface area contributed by atoms with E-state index in [0.29, 0.717) is 10.7 Å². The van der Waals surface area contributed by atoms with Crippen molar-refractivity contribution in [1.29, 1.82) is 0 Å². The van der Waals surface area contributed by atoms with Gasteiger partial charge in [0.1, 0.15) is 16.5 Å². The Morgan fingerprint density at radius 2 is 2.21 bits per heavy atom. The molecule has 3 atom stereocenters. The van der Waals surface area contributed by atoms with Gasteiger partial charge in [-0.2, -0.15) is 0 Å². The number of anilines is 1. The van der Waals surface area contributed by atoms with Crippen LogP contribution >= 0.6 is 12.2 Å². The maximum atomic E-state index is 5.53. The van der Waals surface area contributed by atoms with Gasteiger partial charge in [0.15, 0.2) is 0 Å². The predicted molar refractivity (Wildman–Crippen MR) is 80.1 cm³/mol. The van der Waals surface area contributed by atoms with Gasteiger partial charge in [-0.05, 0) is 37.0 Å². The van der Waals surface area contributed by atoms with Gasteiger partial charge in [-0.1, -0.05) is 18.6 Å². The van der Waals surface area contributed by atoms with Gasteiger partial charge in [0.2, 0.25) is 0 Å². The van der Waals surface area contributed by atoms with Gasteiger partial charge in [0, 0.05) is 13.6 Å². The first kappa shape index (κ1) is 12.8. The Kier molecular flexibility index (Phi) is 3.39. The molecule has 2 aliphatic rings. The normalized spacial score (nSPS) is 28.6. The van der Waals surface area contributed by atoms with E-state index >= 15 is 0 Å². The van der Waals surface area contributed by atoms with Gasteiger partial charge < -0.3 is 10.6 Å². The summed E-state index contributed by atoms with van der Waals surface area (Å²) in [5.74, 6) is 3.67. The van der Waals surface area contributed by atoms with E-state index in [1.807, 2.05) is 0 Å². The number of thiocarbonyl (C=S) groups is 1. The van der Waals surface area contributed by atoms with Crippen molar-refractivity contribution in [1.82, 2.24) is 9.97 Å². The van der Waals surface area contributed by atoms with Crippen LogP contribution in [0.15, 0.2) is 12.4 Å². The van der Waals surface area contributed by atoms with E-state index in [1.165, 1.54) is 25.7 Å². The van der Waals surface area contributed by atoms with Crippen LogP contribution in [0.4, 0.5) is 5.82 Å².